The molecule has 251 valence electrons. The summed E-state index contributed by atoms with van der Waals surface area (Å²) < 4.78 is 0.159. The second-order valence-corrected chi connectivity index (χ2v) is 57.9. The van der Waals surface area contributed by atoms with E-state index in [1.165, 1.54) is 77.9 Å². The van der Waals surface area contributed by atoms with Gasteiger partial charge in [-0.05, 0) is 0 Å². The predicted octanol–water partition coefficient (Wildman–Crippen LogP) is 13.6. The summed E-state index contributed by atoms with van der Waals surface area (Å²) in [6.45, 7) is 23.4. The molecule has 4 aromatic rings. The number of benzene rings is 4. The Morgan fingerprint density at radius 1 is 0.604 bits per heavy atom. The Morgan fingerprint density at radius 3 is 1.29 bits per heavy atom. The van der Waals surface area contributed by atoms with Crippen molar-refractivity contribution in [2.24, 2.45) is 11.8 Å². The molecule has 0 heterocycles. The summed E-state index contributed by atoms with van der Waals surface area (Å²) in [5.74, 6) is -0.997. The summed E-state index contributed by atoms with van der Waals surface area (Å²) in [5.41, 5.74) is 19.2. The van der Waals surface area contributed by atoms with Crippen LogP contribution in [0.2, 0.25) is 13.1 Å². The van der Waals surface area contributed by atoms with Crippen LogP contribution >= 0.6 is 17.0 Å². The van der Waals surface area contributed by atoms with E-state index in [0.29, 0.717) is 11.8 Å². The zero-order valence-corrected chi connectivity index (χ0v) is 35.8. The van der Waals surface area contributed by atoms with Crippen LogP contribution in [-0.2, 0) is 28.4 Å². The first-order valence-corrected chi connectivity index (χ1v) is 34.5. The summed E-state index contributed by atoms with van der Waals surface area (Å²) in [6, 6.07) is 27.4. The van der Waals surface area contributed by atoms with E-state index in [4.69, 9.17) is 17.0 Å². The standard InChI is InChI=1S/2C21H23.C2H7Si.2ClH.Zr/c2*1-5-16-10-11-17-12-18(14(2)3)13-20(17)21(16)19-9-7-6-8-15(19)4;1-3-2;;;/h2*6-14H,5H2,1-4H3;3H,1-2H3;2*1H;/q;;;;;+2/p-2. The molecule has 2 unspecified atom stereocenters. The van der Waals surface area contributed by atoms with Gasteiger partial charge in [-0.1, -0.05) is 0 Å². The van der Waals surface area contributed by atoms with Crippen LogP contribution in [0.4, 0.5) is 0 Å². The number of hydrogen-bond donors (Lipinski definition) is 0. The van der Waals surface area contributed by atoms with Crippen molar-refractivity contribution in [2.45, 2.75) is 88.6 Å². The normalized spacial score (nSPS) is 18.2. The van der Waals surface area contributed by atoms with E-state index < -0.39 is 21.5 Å². The Labute approximate surface area is 299 Å². The minimum absolute atomic E-state index is 0.0796. The van der Waals surface area contributed by atoms with Crippen molar-refractivity contribution in [3.8, 4) is 22.3 Å². The number of allylic oxidation sites excluding steroid dienone is 2. The molecule has 0 fully saturated rings. The van der Waals surface area contributed by atoms with E-state index in [0.717, 1.165) is 12.8 Å². The molecule has 0 aromatic heterocycles. The van der Waals surface area contributed by atoms with Crippen molar-refractivity contribution in [2.75, 3.05) is 0 Å². The van der Waals surface area contributed by atoms with Crippen LogP contribution in [0.5, 0.6) is 0 Å². The van der Waals surface area contributed by atoms with Gasteiger partial charge in [0.25, 0.3) is 0 Å². The Balaban J connectivity index is 1.68. The molecule has 2 aliphatic rings. The molecule has 4 aromatic carbocycles. The van der Waals surface area contributed by atoms with Crippen molar-refractivity contribution in [3.63, 3.8) is 0 Å². The predicted molar refractivity (Wildman–Crippen MR) is 214 cm³/mol. The Morgan fingerprint density at radius 2 is 0.979 bits per heavy atom. The Hall–Kier alpha value is -1.96. The number of aryl methyl sites for hydroxylation is 4. The van der Waals surface area contributed by atoms with Crippen molar-refractivity contribution in [1.29, 1.82) is 0 Å². The number of halogens is 2. The molecule has 0 radical (unpaired) electrons. The molecule has 0 amide bonds. The first-order valence-electron chi connectivity index (χ1n) is 18.2. The van der Waals surface area contributed by atoms with Gasteiger partial charge in [0.2, 0.25) is 0 Å². The third-order valence-electron chi connectivity index (χ3n) is 11.8. The fraction of sp³-hybridized carbons (Fsp3) is 0.364. The Bertz CT molecular complexity index is 1830. The maximum absolute atomic E-state index is 8.84. The van der Waals surface area contributed by atoms with Crippen molar-refractivity contribution < 1.29 is 15.6 Å². The number of fused-ring (bicyclic) bond motifs is 2. The molecule has 0 N–H and O–H groups in total. The van der Waals surface area contributed by atoms with Gasteiger partial charge in [0.05, 0.1) is 0 Å². The second kappa shape index (κ2) is 13.3. The van der Waals surface area contributed by atoms with E-state index in [2.05, 4.69) is 153 Å². The third-order valence-corrected chi connectivity index (χ3v) is 63.4. The van der Waals surface area contributed by atoms with Crippen molar-refractivity contribution in [1.82, 2.24) is 0 Å². The first kappa shape index (κ1) is 35.9. The van der Waals surface area contributed by atoms with Crippen molar-refractivity contribution in [3.05, 3.63) is 128 Å². The van der Waals surface area contributed by atoms with E-state index in [1.807, 2.05) is 0 Å². The van der Waals surface area contributed by atoms with Gasteiger partial charge in [0.15, 0.2) is 0 Å². The summed E-state index contributed by atoms with van der Waals surface area (Å²) in [5, 5.41) is 0. The summed E-state index contributed by atoms with van der Waals surface area (Å²) in [6.07, 6.45) is 7.05. The zero-order valence-electron chi connectivity index (χ0n) is 30.6. The van der Waals surface area contributed by atoms with Gasteiger partial charge in [-0.2, -0.15) is 0 Å². The summed E-state index contributed by atoms with van der Waals surface area (Å²) in [4.78, 5) is 0. The average Bonchev–Trinajstić information content (AvgIpc) is 3.66. The van der Waals surface area contributed by atoms with Gasteiger partial charge in [-0.3, -0.25) is 0 Å². The van der Waals surface area contributed by atoms with Crippen LogP contribution in [0, 0.1) is 25.7 Å². The summed E-state index contributed by atoms with van der Waals surface area (Å²) in [7, 11) is 17.7. The monoisotopic (exact) mass is 769 g/mol. The van der Waals surface area contributed by atoms with Gasteiger partial charge < -0.3 is 0 Å². The van der Waals surface area contributed by atoms with Crippen molar-refractivity contribution >= 4 is 35.1 Å². The molecule has 0 bridgehead atoms. The molecule has 4 heteroatoms. The number of rotatable bonds is 9. The molecule has 0 spiro atoms. The van der Waals surface area contributed by atoms with Gasteiger partial charge >= 0.3 is 302 Å². The van der Waals surface area contributed by atoms with Gasteiger partial charge in [0, 0.05) is 0 Å². The fourth-order valence-electron chi connectivity index (χ4n) is 9.03. The van der Waals surface area contributed by atoms with E-state index in [9.17, 15) is 0 Å². The van der Waals surface area contributed by atoms with Gasteiger partial charge in [0.1, 0.15) is 0 Å². The third kappa shape index (κ3) is 5.48. The maximum atomic E-state index is 8.84. The van der Waals surface area contributed by atoms with E-state index in [-0.39, 0.29) is 7.25 Å². The molecule has 6 rings (SSSR count). The molecule has 0 nitrogen and oxygen atoms in total. The van der Waals surface area contributed by atoms with Crippen LogP contribution in [0.1, 0.15) is 93.3 Å². The minimum atomic E-state index is -4.93. The second-order valence-electron chi connectivity index (χ2n) is 15.4. The zero-order chi connectivity index (χ0) is 34.7. The quantitative estimate of drug-likeness (QED) is 0.149. The van der Waals surface area contributed by atoms with Crippen LogP contribution in [0.3, 0.4) is 0 Å². The average molecular weight is 772 g/mol. The molecular formula is C44H53Cl2SiZr. The van der Waals surface area contributed by atoms with Gasteiger partial charge in [-0.15, -0.1) is 0 Å². The topological polar surface area (TPSA) is 0 Å². The van der Waals surface area contributed by atoms with E-state index >= 15 is 0 Å². The molecule has 0 aliphatic heterocycles. The summed E-state index contributed by atoms with van der Waals surface area (Å²) >= 11 is -4.93. The molecule has 48 heavy (non-hydrogen) atoms. The number of hydrogen-bond acceptors (Lipinski definition) is 0. The molecule has 0 saturated carbocycles. The van der Waals surface area contributed by atoms with Crippen LogP contribution in [-0.4, -0.2) is 5.92 Å². The van der Waals surface area contributed by atoms with Crippen LogP contribution in [0.15, 0.2) is 83.9 Å². The Kier molecular flexibility index (Phi) is 9.93. The van der Waals surface area contributed by atoms with Crippen LogP contribution < -0.4 is 0 Å². The molecular weight excluding hydrogens is 719 g/mol. The van der Waals surface area contributed by atoms with Crippen LogP contribution in [0.25, 0.3) is 34.4 Å². The van der Waals surface area contributed by atoms with Gasteiger partial charge in [-0.25, -0.2) is 0 Å². The SMILES string of the molecule is CCc1ccc2c(c1-c1ccccc1C)C=C(C(C)C)[CH]2[Zr]([Cl])([Cl])([CH]1C(C(C)C)=Cc2c1ccc(CC)c2-c1ccccc1C)[SiH](C)C. The van der Waals surface area contributed by atoms with E-state index in [1.54, 1.807) is 0 Å². The molecule has 2 atom stereocenters. The molecule has 0 saturated heterocycles. The molecule has 2 aliphatic carbocycles. The fourth-order valence-corrected chi connectivity index (χ4v) is 40.5. The first-order chi connectivity index (χ1) is 22.8.